The molecule has 108 valence electrons. The number of hydrogen-bond acceptors (Lipinski definition) is 3. The molecule has 0 aromatic heterocycles. The molecule has 0 saturated carbocycles. The molecular weight excluding hydrogens is 306 g/mol. The van der Waals surface area contributed by atoms with Crippen LogP contribution < -0.4 is 4.74 Å². The van der Waals surface area contributed by atoms with E-state index in [1.807, 2.05) is 0 Å². The zero-order chi connectivity index (χ0) is 15.1. The highest BCUT2D eigenvalue weighted by Crippen LogP contribution is 2.15. The van der Waals surface area contributed by atoms with Crippen LogP contribution in [0.2, 0.25) is 5.02 Å². The van der Waals surface area contributed by atoms with E-state index >= 15 is 0 Å². The Bertz CT molecular complexity index is 682. The summed E-state index contributed by atoms with van der Waals surface area (Å²) < 4.78 is 17.6. The fraction of sp³-hybridized carbons (Fsp3) is 0.188. The first-order valence-corrected chi connectivity index (χ1v) is 8.15. The lowest BCUT2D eigenvalue weighted by Gasteiger charge is -2.06. The smallest absolute Gasteiger partial charge is 0.120 e. The lowest BCUT2D eigenvalue weighted by atomic mass is 10.2. The Labute approximate surface area is 131 Å². The Hall–Kier alpha value is -1.83. The average Bonchev–Trinajstić information content (AvgIpc) is 2.51. The molecule has 0 radical (unpaired) electrons. The molecule has 0 saturated heterocycles. The number of halogens is 1. The minimum absolute atomic E-state index is 0.460. The highest BCUT2D eigenvalue weighted by Gasteiger charge is 2.04. The van der Waals surface area contributed by atoms with Crippen LogP contribution in [0.5, 0.6) is 5.75 Å². The summed E-state index contributed by atoms with van der Waals surface area (Å²) in [7, 11) is -1.07. The van der Waals surface area contributed by atoms with Crippen molar-refractivity contribution in [1.82, 2.24) is 0 Å². The molecule has 0 aliphatic heterocycles. The molecule has 0 N–H and O–H groups in total. The molecule has 1 unspecified atom stereocenters. The van der Waals surface area contributed by atoms with Crippen LogP contribution in [0.25, 0.3) is 0 Å². The van der Waals surface area contributed by atoms with Gasteiger partial charge in [-0.1, -0.05) is 23.7 Å². The average molecular weight is 320 g/mol. The summed E-state index contributed by atoms with van der Waals surface area (Å²) in [6.45, 7) is 0.460. The molecule has 0 spiro atoms. The summed E-state index contributed by atoms with van der Waals surface area (Å²) in [6, 6.07) is 16.1. The first-order chi connectivity index (χ1) is 10.2. The maximum Gasteiger partial charge on any atom is 0.120 e. The first kappa shape index (κ1) is 15.6. The van der Waals surface area contributed by atoms with Gasteiger partial charge in [-0.05, 0) is 42.8 Å². The van der Waals surface area contributed by atoms with E-state index in [1.54, 1.807) is 48.5 Å². The molecule has 0 heterocycles. The minimum Gasteiger partial charge on any atom is -0.494 e. The second-order valence-corrected chi connectivity index (χ2v) is 6.36. The van der Waals surface area contributed by atoms with Gasteiger partial charge in [0.1, 0.15) is 5.75 Å². The van der Waals surface area contributed by atoms with Crippen molar-refractivity contribution in [3.8, 4) is 11.8 Å². The number of rotatable bonds is 6. The maximum absolute atomic E-state index is 12.1. The molecule has 1 atom stereocenters. The molecule has 2 aromatic carbocycles. The third-order valence-corrected chi connectivity index (χ3v) is 4.44. The van der Waals surface area contributed by atoms with Crippen molar-refractivity contribution in [3.05, 3.63) is 59.1 Å². The fourth-order valence-electron chi connectivity index (χ4n) is 1.76. The molecule has 3 nitrogen and oxygen atoms in total. The van der Waals surface area contributed by atoms with E-state index in [2.05, 4.69) is 6.07 Å². The van der Waals surface area contributed by atoms with Gasteiger partial charge in [-0.15, -0.1) is 0 Å². The van der Waals surface area contributed by atoms with Crippen LogP contribution in [-0.4, -0.2) is 16.6 Å². The van der Waals surface area contributed by atoms with Crippen LogP contribution >= 0.6 is 11.6 Å². The summed E-state index contributed by atoms with van der Waals surface area (Å²) in [4.78, 5) is 0.731. The Morgan fingerprint density at radius 2 is 2.00 bits per heavy atom. The molecule has 21 heavy (non-hydrogen) atoms. The van der Waals surface area contributed by atoms with Gasteiger partial charge in [0.15, 0.2) is 0 Å². The van der Waals surface area contributed by atoms with Gasteiger partial charge >= 0.3 is 0 Å². The van der Waals surface area contributed by atoms with Crippen LogP contribution in [0.1, 0.15) is 12.0 Å². The zero-order valence-corrected chi connectivity index (χ0v) is 12.9. The van der Waals surface area contributed by atoms with E-state index in [-0.39, 0.29) is 0 Å². The zero-order valence-electron chi connectivity index (χ0n) is 11.3. The van der Waals surface area contributed by atoms with Gasteiger partial charge in [-0.3, -0.25) is 4.21 Å². The number of nitriles is 1. The summed E-state index contributed by atoms with van der Waals surface area (Å²) in [5.41, 5.74) is 0.565. The molecule has 5 heteroatoms. The number of ether oxygens (including phenoxy) is 1. The summed E-state index contributed by atoms with van der Waals surface area (Å²) in [6.07, 6.45) is 0.663. The van der Waals surface area contributed by atoms with E-state index in [0.29, 0.717) is 35.1 Å². The van der Waals surface area contributed by atoms with E-state index in [1.165, 1.54) is 0 Å². The van der Waals surface area contributed by atoms with Crippen LogP contribution in [-0.2, 0) is 10.8 Å². The second-order valence-electron chi connectivity index (χ2n) is 4.35. The second kappa shape index (κ2) is 7.82. The highest BCUT2D eigenvalue weighted by molar-refractivity contribution is 7.85. The van der Waals surface area contributed by atoms with Crippen molar-refractivity contribution < 1.29 is 8.95 Å². The quantitative estimate of drug-likeness (QED) is 0.761. The van der Waals surface area contributed by atoms with Crippen molar-refractivity contribution in [1.29, 1.82) is 5.26 Å². The molecule has 2 aromatic rings. The minimum atomic E-state index is -1.07. The van der Waals surface area contributed by atoms with Crippen LogP contribution in [0, 0.1) is 11.3 Å². The van der Waals surface area contributed by atoms with E-state index in [4.69, 9.17) is 21.6 Å². The Kier molecular flexibility index (Phi) is 5.79. The van der Waals surface area contributed by atoms with Gasteiger partial charge in [0.05, 0.1) is 29.0 Å². The topological polar surface area (TPSA) is 50.1 Å². The number of nitrogens with zero attached hydrogens (tertiary/aromatic N) is 1. The predicted molar refractivity (Wildman–Crippen MR) is 84.0 cm³/mol. The van der Waals surface area contributed by atoms with Crippen LogP contribution in [0.4, 0.5) is 0 Å². The van der Waals surface area contributed by atoms with E-state index in [0.717, 1.165) is 4.90 Å². The van der Waals surface area contributed by atoms with Gasteiger partial charge in [0.25, 0.3) is 0 Å². The standard InChI is InChI=1S/C16H14ClNO2S/c17-14-5-2-7-16(11-14)21(19)9-3-8-20-15-6-1-4-13(10-15)12-18/h1-2,4-7,10-11H,3,8-9H2. The van der Waals surface area contributed by atoms with Gasteiger partial charge in [-0.2, -0.15) is 5.26 Å². The Morgan fingerprint density at radius 3 is 2.76 bits per heavy atom. The van der Waals surface area contributed by atoms with E-state index < -0.39 is 10.8 Å². The van der Waals surface area contributed by atoms with Crippen molar-refractivity contribution >= 4 is 22.4 Å². The van der Waals surface area contributed by atoms with Crippen molar-refractivity contribution in [2.75, 3.05) is 12.4 Å². The molecule has 0 aliphatic rings. The van der Waals surface area contributed by atoms with Crippen molar-refractivity contribution in [2.45, 2.75) is 11.3 Å². The van der Waals surface area contributed by atoms with Gasteiger partial charge < -0.3 is 4.74 Å². The van der Waals surface area contributed by atoms with Crippen LogP contribution in [0.15, 0.2) is 53.4 Å². The normalized spacial score (nSPS) is 11.6. The largest absolute Gasteiger partial charge is 0.494 e. The summed E-state index contributed by atoms with van der Waals surface area (Å²) >= 11 is 5.87. The third kappa shape index (κ3) is 4.89. The highest BCUT2D eigenvalue weighted by atomic mass is 35.5. The fourth-order valence-corrected chi connectivity index (χ4v) is 3.12. The molecule has 2 rings (SSSR count). The lowest BCUT2D eigenvalue weighted by Crippen LogP contribution is -2.05. The molecule has 0 bridgehead atoms. The summed E-state index contributed by atoms with van der Waals surface area (Å²) in [5, 5.41) is 9.39. The number of benzene rings is 2. The van der Waals surface area contributed by atoms with Crippen molar-refractivity contribution in [2.24, 2.45) is 0 Å². The summed E-state index contributed by atoms with van der Waals surface area (Å²) in [5.74, 6) is 1.17. The van der Waals surface area contributed by atoms with Crippen LogP contribution in [0.3, 0.4) is 0 Å². The lowest BCUT2D eigenvalue weighted by molar-refractivity contribution is 0.318. The van der Waals surface area contributed by atoms with E-state index in [9.17, 15) is 4.21 Å². The molecule has 0 fully saturated rings. The molecular formula is C16H14ClNO2S. The Morgan fingerprint density at radius 1 is 1.19 bits per heavy atom. The monoisotopic (exact) mass is 319 g/mol. The molecule has 0 amide bonds. The SMILES string of the molecule is N#Cc1cccc(OCCCS(=O)c2cccc(Cl)c2)c1. The van der Waals surface area contributed by atoms with Gasteiger partial charge in [-0.25, -0.2) is 0 Å². The first-order valence-electron chi connectivity index (χ1n) is 6.46. The predicted octanol–water partition coefficient (Wildman–Crippen LogP) is 3.79. The van der Waals surface area contributed by atoms with Gasteiger partial charge in [0, 0.05) is 15.7 Å². The maximum atomic E-state index is 12.1. The van der Waals surface area contributed by atoms with Crippen molar-refractivity contribution in [3.63, 3.8) is 0 Å². The molecule has 0 aliphatic carbocycles. The third-order valence-electron chi connectivity index (χ3n) is 2.76. The number of hydrogen-bond donors (Lipinski definition) is 0. The Balaban J connectivity index is 1.79. The van der Waals surface area contributed by atoms with Gasteiger partial charge in [0.2, 0.25) is 0 Å².